The molecular formula is C14H13F2NO2S. The minimum Gasteiger partial charge on any atom is -0.497 e. The fourth-order valence-corrected chi connectivity index (χ4v) is 2.83. The quantitative estimate of drug-likeness (QED) is 0.883. The second-order valence-corrected chi connectivity index (χ2v) is 5.63. The lowest BCUT2D eigenvalue weighted by Gasteiger charge is -2.07. The molecule has 0 bridgehead atoms. The molecule has 6 heteroatoms. The van der Waals surface area contributed by atoms with E-state index < -0.39 is 22.4 Å². The Hall–Kier alpha value is -1.95. The van der Waals surface area contributed by atoms with E-state index in [-0.39, 0.29) is 10.6 Å². The second-order valence-electron chi connectivity index (χ2n) is 4.18. The number of rotatable bonds is 4. The van der Waals surface area contributed by atoms with Gasteiger partial charge in [-0.15, -0.1) is 0 Å². The highest BCUT2D eigenvalue weighted by atomic mass is 32.2. The van der Waals surface area contributed by atoms with Crippen molar-refractivity contribution in [1.82, 2.24) is 0 Å². The summed E-state index contributed by atoms with van der Waals surface area (Å²) in [4.78, 5) is 0.227. The highest BCUT2D eigenvalue weighted by Gasteiger charge is 2.10. The first-order valence-electron chi connectivity index (χ1n) is 5.76. The summed E-state index contributed by atoms with van der Waals surface area (Å²) in [6, 6.07) is 8.22. The molecule has 0 fully saturated rings. The van der Waals surface area contributed by atoms with Gasteiger partial charge in [0.15, 0.2) is 11.6 Å². The Morgan fingerprint density at radius 1 is 1.15 bits per heavy atom. The van der Waals surface area contributed by atoms with E-state index in [9.17, 15) is 13.0 Å². The van der Waals surface area contributed by atoms with Gasteiger partial charge >= 0.3 is 0 Å². The molecular weight excluding hydrogens is 284 g/mol. The number of halogens is 2. The third-order valence-electron chi connectivity index (χ3n) is 2.68. The Labute approximate surface area is 117 Å². The van der Waals surface area contributed by atoms with Crippen LogP contribution in [0.3, 0.4) is 0 Å². The molecule has 1 atom stereocenters. The molecule has 0 aliphatic rings. The molecule has 0 radical (unpaired) electrons. The van der Waals surface area contributed by atoms with Crippen molar-refractivity contribution in [3.63, 3.8) is 0 Å². The number of methoxy groups -OCH3 is 1. The van der Waals surface area contributed by atoms with E-state index in [1.54, 1.807) is 18.2 Å². The van der Waals surface area contributed by atoms with Gasteiger partial charge in [0.2, 0.25) is 0 Å². The van der Waals surface area contributed by atoms with E-state index in [4.69, 9.17) is 10.5 Å². The third kappa shape index (κ3) is 3.33. The van der Waals surface area contributed by atoms with Gasteiger partial charge in [-0.3, -0.25) is 4.21 Å². The molecule has 1 unspecified atom stereocenters. The van der Waals surface area contributed by atoms with Crippen LogP contribution < -0.4 is 10.5 Å². The van der Waals surface area contributed by atoms with Crippen molar-refractivity contribution in [2.24, 2.45) is 0 Å². The normalized spacial score (nSPS) is 12.2. The summed E-state index contributed by atoms with van der Waals surface area (Å²) >= 11 is 0. The van der Waals surface area contributed by atoms with E-state index in [0.717, 1.165) is 12.1 Å². The molecule has 0 heterocycles. The largest absolute Gasteiger partial charge is 0.497 e. The molecule has 0 aliphatic carbocycles. The second kappa shape index (κ2) is 6.00. The van der Waals surface area contributed by atoms with Gasteiger partial charge in [-0.1, -0.05) is 0 Å². The number of benzene rings is 2. The van der Waals surface area contributed by atoms with Crippen LogP contribution in [0.4, 0.5) is 14.5 Å². The van der Waals surface area contributed by atoms with Gasteiger partial charge in [-0.05, 0) is 35.9 Å². The summed E-state index contributed by atoms with van der Waals surface area (Å²) in [5.74, 6) is -1.27. The molecule has 2 N–H and O–H groups in total. The van der Waals surface area contributed by atoms with Crippen LogP contribution in [0, 0.1) is 11.6 Å². The first-order chi connectivity index (χ1) is 9.49. The van der Waals surface area contributed by atoms with E-state index in [0.29, 0.717) is 17.0 Å². The van der Waals surface area contributed by atoms with Crippen molar-refractivity contribution < 1.29 is 17.7 Å². The summed E-state index contributed by atoms with van der Waals surface area (Å²) in [6.07, 6.45) is 0. The van der Waals surface area contributed by atoms with Gasteiger partial charge in [0.05, 0.1) is 23.7 Å². The lowest BCUT2D eigenvalue weighted by atomic mass is 10.2. The van der Waals surface area contributed by atoms with Gasteiger partial charge in [-0.2, -0.15) is 0 Å². The standard InChI is InChI=1S/C14H13F2NO2S/c1-19-11-5-9(4-10(17)6-11)8-20(18)12-2-3-13(15)14(16)7-12/h2-7H,8,17H2,1H3. The van der Waals surface area contributed by atoms with Crippen molar-refractivity contribution in [2.45, 2.75) is 10.6 Å². The Morgan fingerprint density at radius 2 is 1.90 bits per heavy atom. The Morgan fingerprint density at radius 3 is 2.55 bits per heavy atom. The van der Waals surface area contributed by atoms with Gasteiger partial charge in [0.1, 0.15) is 5.75 Å². The molecule has 2 aromatic carbocycles. The number of ether oxygens (including phenoxy) is 1. The SMILES string of the molecule is COc1cc(N)cc(CS(=O)c2ccc(F)c(F)c2)c1. The van der Waals surface area contributed by atoms with Crippen LogP contribution in [0.5, 0.6) is 5.75 Å². The van der Waals surface area contributed by atoms with Crippen molar-refractivity contribution in [3.8, 4) is 5.75 Å². The fourth-order valence-electron chi connectivity index (χ4n) is 1.74. The van der Waals surface area contributed by atoms with Crippen molar-refractivity contribution >= 4 is 16.5 Å². The summed E-state index contributed by atoms with van der Waals surface area (Å²) in [6.45, 7) is 0. The fraction of sp³-hybridized carbons (Fsp3) is 0.143. The van der Waals surface area contributed by atoms with E-state index in [1.165, 1.54) is 13.2 Å². The Bertz CT molecular complexity index is 662. The first-order valence-corrected chi connectivity index (χ1v) is 7.08. The molecule has 0 spiro atoms. The average Bonchev–Trinajstić information content (AvgIpc) is 2.41. The average molecular weight is 297 g/mol. The zero-order valence-electron chi connectivity index (χ0n) is 10.7. The van der Waals surface area contributed by atoms with Gasteiger partial charge in [-0.25, -0.2) is 8.78 Å². The maximum absolute atomic E-state index is 13.1. The molecule has 2 aromatic rings. The molecule has 2 rings (SSSR count). The zero-order chi connectivity index (χ0) is 14.7. The third-order valence-corrected chi connectivity index (χ3v) is 4.05. The van der Waals surface area contributed by atoms with Crippen LogP contribution in [0.15, 0.2) is 41.3 Å². The summed E-state index contributed by atoms with van der Waals surface area (Å²) in [5, 5.41) is 0. The number of hydrogen-bond acceptors (Lipinski definition) is 3. The van der Waals surface area contributed by atoms with Crippen LogP contribution in [-0.4, -0.2) is 11.3 Å². The number of nitrogens with two attached hydrogens (primary N) is 1. The minimum absolute atomic E-state index is 0.145. The predicted molar refractivity (Wildman–Crippen MR) is 73.9 cm³/mol. The molecule has 0 amide bonds. The highest BCUT2D eigenvalue weighted by Crippen LogP contribution is 2.22. The predicted octanol–water partition coefficient (Wildman–Crippen LogP) is 2.86. The maximum atomic E-state index is 13.1. The molecule has 106 valence electrons. The monoisotopic (exact) mass is 297 g/mol. The lowest BCUT2D eigenvalue weighted by Crippen LogP contribution is -2.00. The zero-order valence-corrected chi connectivity index (χ0v) is 11.5. The topological polar surface area (TPSA) is 52.3 Å². The lowest BCUT2D eigenvalue weighted by molar-refractivity contribution is 0.414. The number of anilines is 1. The van der Waals surface area contributed by atoms with Crippen LogP contribution >= 0.6 is 0 Å². The van der Waals surface area contributed by atoms with E-state index in [2.05, 4.69) is 0 Å². The van der Waals surface area contributed by atoms with Crippen molar-refractivity contribution in [3.05, 3.63) is 53.6 Å². The first kappa shape index (κ1) is 14.5. The van der Waals surface area contributed by atoms with Crippen LogP contribution in [0.25, 0.3) is 0 Å². The highest BCUT2D eigenvalue weighted by molar-refractivity contribution is 7.84. The summed E-state index contributed by atoms with van der Waals surface area (Å²) in [5.41, 5.74) is 6.89. The Kier molecular flexibility index (Phi) is 4.34. The van der Waals surface area contributed by atoms with E-state index >= 15 is 0 Å². The van der Waals surface area contributed by atoms with Crippen LogP contribution in [0.1, 0.15) is 5.56 Å². The summed E-state index contributed by atoms with van der Waals surface area (Å²) in [7, 11) is 0.0156. The van der Waals surface area contributed by atoms with Gasteiger partial charge in [0, 0.05) is 16.6 Å². The van der Waals surface area contributed by atoms with Gasteiger partial charge in [0.25, 0.3) is 0 Å². The maximum Gasteiger partial charge on any atom is 0.160 e. The van der Waals surface area contributed by atoms with Crippen LogP contribution in [0.2, 0.25) is 0 Å². The van der Waals surface area contributed by atoms with Crippen LogP contribution in [-0.2, 0) is 16.6 Å². The smallest absolute Gasteiger partial charge is 0.160 e. The molecule has 0 aliphatic heterocycles. The Balaban J connectivity index is 2.23. The molecule has 3 nitrogen and oxygen atoms in total. The van der Waals surface area contributed by atoms with Crippen molar-refractivity contribution in [2.75, 3.05) is 12.8 Å². The number of nitrogen functional groups attached to an aromatic ring is 1. The molecule has 0 saturated carbocycles. The molecule has 0 saturated heterocycles. The number of hydrogen-bond donors (Lipinski definition) is 1. The minimum atomic E-state index is -1.49. The van der Waals surface area contributed by atoms with Gasteiger partial charge < -0.3 is 10.5 Å². The van der Waals surface area contributed by atoms with Crippen molar-refractivity contribution in [1.29, 1.82) is 0 Å². The molecule has 0 aromatic heterocycles. The van der Waals surface area contributed by atoms with E-state index in [1.807, 2.05) is 0 Å². The summed E-state index contributed by atoms with van der Waals surface area (Å²) < 4.78 is 43.1. The molecule has 20 heavy (non-hydrogen) atoms.